The highest BCUT2D eigenvalue weighted by Crippen LogP contribution is 2.10. The highest BCUT2D eigenvalue weighted by molar-refractivity contribution is 5.91. The highest BCUT2D eigenvalue weighted by Gasteiger charge is 2.25. The van der Waals surface area contributed by atoms with Gasteiger partial charge in [-0.2, -0.15) is 5.10 Å². The fourth-order valence-corrected chi connectivity index (χ4v) is 2.74. The lowest BCUT2D eigenvalue weighted by molar-refractivity contribution is 0.0657. The van der Waals surface area contributed by atoms with E-state index in [1.54, 1.807) is 19.2 Å². The molecule has 2 aromatic heterocycles. The second-order valence-corrected chi connectivity index (χ2v) is 5.68. The minimum atomic E-state index is -0.0587. The largest absolute Gasteiger partial charge is 0.459 e. The summed E-state index contributed by atoms with van der Waals surface area (Å²) in [6.45, 7) is 5.41. The van der Waals surface area contributed by atoms with Crippen molar-refractivity contribution >= 4 is 11.9 Å². The second kappa shape index (κ2) is 7.20. The fraction of sp³-hybridized carbons (Fsp3) is 0.438. The summed E-state index contributed by atoms with van der Waals surface area (Å²) in [4.78, 5) is 20.6. The van der Waals surface area contributed by atoms with Gasteiger partial charge in [-0.05, 0) is 19.1 Å². The molecule has 0 bridgehead atoms. The maximum atomic E-state index is 12.3. The molecule has 3 rings (SSSR count). The number of aliphatic imine (C=N–C) groups is 1. The number of carbonyl (C=O) groups is 1. The van der Waals surface area contributed by atoms with Crippen LogP contribution in [0.25, 0.3) is 0 Å². The number of piperazine rings is 1. The number of nitrogens with zero attached hydrogens (tertiary/aromatic N) is 4. The second-order valence-electron chi connectivity index (χ2n) is 5.68. The lowest BCUT2D eigenvalue weighted by atomic mass is 10.2. The number of aromatic nitrogens is 2. The van der Waals surface area contributed by atoms with E-state index in [1.807, 2.05) is 18.0 Å². The van der Waals surface area contributed by atoms with Crippen LogP contribution < -0.4 is 5.32 Å². The van der Waals surface area contributed by atoms with Gasteiger partial charge in [0.25, 0.3) is 5.91 Å². The Morgan fingerprint density at radius 3 is 2.71 bits per heavy atom. The normalized spacial score (nSPS) is 15.7. The van der Waals surface area contributed by atoms with E-state index >= 15 is 0 Å². The molecule has 0 atom stereocenters. The van der Waals surface area contributed by atoms with Crippen LogP contribution in [-0.2, 0) is 6.54 Å². The zero-order valence-corrected chi connectivity index (χ0v) is 14.0. The molecule has 0 aliphatic carbocycles. The number of amides is 1. The Kier molecular flexibility index (Phi) is 4.83. The van der Waals surface area contributed by atoms with Crippen molar-refractivity contribution < 1.29 is 9.21 Å². The smallest absolute Gasteiger partial charge is 0.289 e. The van der Waals surface area contributed by atoms with Gasteiger partial charge in [-0.1, -0.05) is 0 Å². The summed E-state index contributed by atoms with van der Waals surface area (Å²) in [5.74, 6) is 1.17. The number of H-pyrrole nitrogens is 1. The molecular weight excluding hydrogens is 308 g/mol. The van der Waals surface area contributed by atoms with Crippen LogP contribution in [0.15, 0.2) is 34.0 Å². The van der Waals surface area contributed by atoms with E-state index in [0.717, 1.165) is 30.3 Å². The molecule has 1 saturated heterocycles. The summed E-state index contributed by atoms with van der Waals surface area (Å²) in [5.41, 5.74) is 2.16. The van der Waals surface area contributed by atoms with Crippen molar-refractivity contribution in [2.24, 2.45) is 4.99 Å². The Hall–Kier alpha value is -2.77. The molecule has 1 aliphatic rings. The summed E-state index contributed by atoms with van der Waals surface area (Å²) in [6, 6.07) is 3.43. The number of furan rings is 1. The van der Waals surface area contributed by atoms with Gasteiger partial charge in [-0.25, -0.2) is 0 Å². The average molecular weight is 330 g/mol. The van der Waals surface area contributed by atoms with Crippen molar-refractivity contribution in [3.8, 4) is 0 Å². The third kappa shape index (κ3) is 3.42. The Morgan fingerprint density at radius 2 is 2.12 bits per heavy atom. The van der Waals surface area contributed by atoms with Crippen LogP contribution in [0.2, 0.25) is 0 Å². The van der Waals surface area contributed by atoms with Crippen LogP contribution >= 0.6 is 0 Å². The first-order chi connectivity index (χ1) is 11.7. The quantitative estimate of drug-likeness (QED) is 0.643. The van der Waals surface area contributed by atoms with Crippen molar-refractivity contribution in [2.45, 2.75) is 13.5 Å². The van der Waals surface area contributed by atoms with Gasteiger partial charge in [0.15, 0.2) is 11.7 Å². The first-order valence-corrected chi connectivity index (χ1v) is 7.96. The molecule has 2 aromatic rings. The van der Waals surface area contributed by atoms with Crippen LogP contribution in [0.5, 0.6) is 0 Å². The van der Waals surface area contributed by atoms with E-state index < -0.39 is 0 Å². The minimum Gasteiger partial charge on any atom is -0.459 e. The van der Waals surface area contributed by atoms with Crippen LogP contribution in [0.3, 0.4) is 0 Å². The van der Waals surface area contributed by atoms with Crippen LogP contribution in [0.1, 0.15) is 21.8 Å². The molecular formula is C16H22N6O2. The molecule has 0 saturated carbocycles. The van der Waals surface area contributed by atoms with E-state index in [-0.39, 0.29) is 5.91 Å². The zero-order valence-electron chi connectivity index (χ0n) is 14.0. The number of carbonyl (C=O) groups excluding carboxylic acids is 1. The molecule has 1 fully saturated rings. The summed E-state index contributed by atoms with van der Waals surface area (Å²) in [7, 11) is 1.77. The molecule has 1 amide bonds. The number of aromatic amines is 1. The van der Waals surface area contributed by atoms with Crippen LogP contribution in [-0.4, -0.2) is 65.1 Å². The Bertz CT molecular complexity index is 698. The standard InChI is InChI=1S/C16H22N6O2/c1-12-13(11-19-20-12)10-18-16(17-2)22-7-5-21(6-8-22)15(23)14-4-3-9-24-14/h3-4,9,11H,5-8,10H2,1-2H3,(H,17,18)(H,19,20). The molecule has 0 spiro atoms. The monoisotopic (exact) mass is 330 g/mol. The number of hydrogen-bond acceptors (Lipinski definition) is 4. The molecule has 8 nitrogen and oxygen atoms in total. The van der Waals surface area contributed by atoms with E-state index in [1.165, 1.54) is 6.26 Å². The van der Waals surface area contributed by atoms with Crippen molar-refractivity contribution in [2.75, 3.05) is 33.2 Å². The SMILES string of the molecule is CN=C(NCc1cn[nH]c1C)N1CCN(C(=O)c2ccco2)CC1. The number of hydrogen-bond donors (Lipinski definition) is 2. The molecule has 8 heteroatoms. The molecule has 3 heterocycles. The molecule has 0 aromatic carbocycles. The predicted octanol–water partition coefficient (Wildman–Crippen LogP) is 0.845. The number of aryl methyl sites for hydroxylation is 1. The highest BCUT2D eigenvalue weighted by atomic mass is 16.3. The number of guanidine groups is 1. The predicted molar refractivity (Wildman–Crippen MR) is 89.7 cm³/mol. The van der Waals surface area contributed by atoms with Crippen LogP contribution in [0.4, 0.5) is 0 Å². The third-order valence-electron chi connectivity index (χ3n) is 4.18. The van der Waals surface area contributed by atoms with Gasteiger partial charge in [-0.15, -0.1) is 0 Å². The average Bonchev–Trinajstić information content (AvgIpc) is 3.27. The van der Waals surface area contributed by atoms with E-state index in [0.29, 0.717) is 25.4 Å². The molecule has 24 heavy (non-hydrogen) atoms. The molecule has 128 valence electrons. The summed E-state index contributed by atoms with van der Waals surface area (Å²) >= 11 is 0. The van der Waals surface area contributed by atoms with Crippen molar-refractivity contribution in [3.63, 3.8) is 0 Å². The minimum absolute atomic E-state index is 0.0587. The first-order valence-electron chi connectivity index (χ1n) is 7.96. The first kappa shape index (κ1) is 16.1. The molecule has 0 unspecified atom stereocenters. The maximum absolute atomic E-state index is 12.3. The van der Waals surface area contributed by atoms with E-state index in [2.05, 4.69) is 25.4 Å². The lowest BCUT2D eigenvalue weighted by Gasteiger charge is -2.36. The Morgan fingerprint density at radius 1 is 1.38 bits per heavy atom. The number of nitrogens with one attached hydrogen (secondary N) is 2. The molecule has 0 radical (unpaired) electrons. The van der Waals surface area contributed by atoms with Crippen molar-refractivity contribution in [3.05, 3.63) is 41.6 Å². The Balaban J connectivity index is 1.53. The van der Waals surface area contributed by atoms with Gasteiger partial charge < -0.3 is 19.5 Å². The topological polar surface area (TPSA) is 89.8 Å². The van der Waals surface area contributed by atoms with Gasteiger partial charge in [-0.3, -0.25) is 14.9 Å². The van der Waals surface area contributed by atoms with Gasteiger partial charge in [0, 0.05) is 51.0 Å². The lowest BCUT2D eigenvalue weighted by Crippen LogP contribution is -2.53. The van der Waals surface area contributed by atoms with Crippen LogP contribution in [0, 0.1) is 6.92 Å². The molecule has 2 N–H and O–H groups in total. The van der Waals surface area contributed by atoms with Crippen molar-refractivity contribution in [1.29, 1.82) is 0 Å². The summed E-state index contributed by atoms with van der Waals surface area (Å²) in [6.07, 6.45) is 3.34. The fourth-order valence-electron chi connectivity index (χ4n) is 2.74. The summed E-state index contributed by atoms with van der Waals surface area (Å²) < 4.78 is 5.19. The zero-order chi connectivity index (χ0) is 16.9. The van der Waals surface area contributed by atoms with Gasteiger partial charge in [0.1, 0.15) is 0 Å². The maximum Gasteiger partial charge on any atom is 0.289 e. The Labute approximate surface area is 140 Å². The van der Waals surface area contributed by atoms with E-state index in [4.69, 9.17) is 4.42 Å². The van der Waals surface area contributed by atoms with Gasteiger partial charge in [0.2, 0.25) is 0 Å². The molecule has 1 aliphatic heterocycles. The summed E-state index contributed by atoms with van der Waals surface area (Å²) in [5, 5.41) is 10.3. The van der Waals surface area contributed by atoms with Crippen molar-refractivity contribution in [1.82, 2.24) is 25.3 Å². The van der Waals surface area contributed by atoms with E-state index in [9.17, 15) is 4.79 Å². The number of rotatable bonds is 3. The van der Waals surface area contributed by atoms with Gasteiger partial charge in [0.05, 0.1) is 12.5 Å². The van der Waals surface area contributed by atoms with Gasteiger partial charge >= 0.3 is 0 Å². The third-order valence-corrected chi connectivity index (χ3v) is 4.18.